The highest BCUT2D eigenvalue weighted by atomic mass is 16.2. The maximum atomic E-state index is 12.5. The van der Waals surface area contributed by atoms with Crippen molar-refractivity contribution in [1.29, 1.82) is 0 Å². The summed E-state index contributed by atoms with van der Waals surface area (Å²) in [5.74, 6) is 0.353. The second kappa shape index (κ2) is 8.52. The van der Waals surface area contributed by atoms with Crippen molar-refractivity contribution in [3.8, 4) is 0 Å². The molecule has 5 nitrogen and oxygen atoms in total. The molecule has 0 saturated carbocycles. The van der Waals surface area contributed by atoms with Crippen LogP contribution in [0.1, 0.15) is 18.4 Å². The molecular formula is C21H25N3O2. The van der Waals surface area contributed by atoms with Crippen LogP contribution in [0, 0.1) is 5.92 Å². The third kappa shape index (κ3) is 4.85. The highest BCUT2D eigenvalue weighted by Gasteiger charge is 2.28. The Hall–Kier alpha value is -2.82. The topological polar surface area (TPSA) is 52.7 Å². The normalized spacial score (nSPS) is 16.3. The Morgan fingerprint density at radius 1 is 1.08 bits per heavy atom. The zero-order chi connectivity index (χ0) is 18.4. The van der Waals surface area contributed by atoms with E-state index in [-0.39, 0.29) is 17.9 Å². The summed E-state index contributed by atoms with van der Waals surface area (Å²) in [5, 5.41) is 2.90. The van der Waals surface area contributed by atoms with Gasteiger partial charge in [0.15, 0.2) is 0 Å². The van der Waals surface area contributed by atoms with Gasteiger partial charge in [-0.05, 0) is 30.0 Å². The van der Waals surface area contributed by atoms with Crippen LogP contribution in [0.15, 0.2) is 60.7 Å². The molecule has 0 radical (unpaired) electrons. The van der Waals surface area contributed by atoms with E-state index in [0.29, 0.717) is 26.1 Å². The Bertz CT molecular complexity index is 733. The fourth-order valence-electron chi connectivity index (χ4n) is 3.26. The van der Waals surface area contributed by atoms with Gasteiger partial charge in [-0.15, -0.1) is 0 Å². The summed E-state index contributed by atoms with van der Waals surface area (Å²) in [4.78, 5) is 28.4. The van der Waals surface area contributed by atoms with Crippen molar-refractivity contribution in [2.24, 2.45) is 5.92 Å². The molecule has 0 bridgehead atoms. The number of anilines is 1. The molecule has 1 unspecified atom stereocenters. The SMILES string of the molecule is CN(Cc1ccccc1)C(=O)CC1CCN(C(=O)Nc2ccccc2)C1. The third-order valence-electron chi connectivity index (χ3n) is 4.75. The lowest BCUT2D eigenvalue weighted by atomic mass is 10.0. The number of nitrogens with zero attached hydrogens (tertiary/aromatic N) is 2. The molecule has 0 aromatic heterocycles. The minimum absolute atomic E-state index is 0.0937. The third-order valence-corrected chi connectivity index (χ3v) is 4.75. The number of benzene rings is 2. The van der Waals surface area contributed by atoms with E-state index in [0.717, 1.165) is 17.7 Å². The maximum Gasteiger partial charge on any atom is 0.321 e. The number of carbonyl (C=O) groups excluding carboxylic acids is 2. The van der Waals surface area contributed by atoms with Gasteiger partial charge in [-0.1, -0.05) is 48.5 Å². The van der Waals surface area contributed by atoms with Crippen LogP contribution < -0.4 is 5.32 Å². The van der Waals surface area contributed by atoms with Crippen LogP contribution in [-0.4, -0.2) is 41.9 Å². The van der Waals surface area contributed by atoms with Gasteiger partial charge in [0.25, 0.3) is 0 Å². The van der Waals surface area contributed by atoms with Gasteiger partial charge in [-0.25, -0.2) is 4.79 Å². The summed E-state index contributed by atoms with van der Waals surface area (Å²) in [7, 11) is 1.84. The fourth-order valence-corrected chi connectivity index (χ4v) is 3.26. The number of urea groups is 1. The van der Waals surface area contributed by atoms with Gasteiger partial charge in [-0.2, -0.15) is 0 Å². The van der Waals surface area contributed by atoms with Crippen LogP contribution in [0.25, 0.3) is 0 Å². The molecule has 5 heteroatoms. The average Bonchev–Trinajstić information content (AvgIpc) is 3.12. The summed E-state index contributed by atoms with van der Waals surface area (Å²) in [5.41, 5.74) is 1.92. The molecule has 26 heavy (non-hydrogen) atoms. The molecule has 2 aromatic carbocycles. The van der Waals surface area contributed by atoms with Crippen LogP contribution in [0.3, 0.4) is 0 Å². The molecule has 1 saturated heterocycles. The van der Waals surface area contributed by atoms with E-state index < -0.39 is 0 Å². The molecule has 1 N–H and O–H groups in total. The average molecular weight is 351 g/mol. The quantitative estimate of drug-likeness (QED) is 0.895. The van der Waals surface area contributed by atoms with Crippen molar-refractivity contribution in [3.63, 3.8) is 0 Å². The number of para-hydroxylation sites is 1. The van der Waals surface area contributed by atoms with Crippen LogP contribution in [-0.2, 0) is 11.3 Å². The smallest absolute Gasteiger partial charge is 0.321 e. The number of hydrogen-bond donors (Lipinski definition) is 1. The number of likely N-dealkylation sites (tertiary alicyclic amines) is 1. The largest absolute Gasteiger partial charge is 0.341 e. The standard InChI is InChI=1S/C21H25N3O2/c1-23(15-17-8-4-2-5-9-17)20(25)14-18-12-13-24(16-18)21(26)22-19-10-6-3-7-11-19/h2-11,18H,12-16H2,1H3,(H,22,26). The molecule has 3 rings (SSSR count). The van der Waals surface area contributed by atoms with Crippen LogP contribution >= 0.6 is 0 Å². The number of amides is 3. The molecule has 0 aliphatic carbocycles. The lowest BCUT2D eigenvalue weighted by molar-refractivity contribution is -0.131. The molecule has 136 valence electrons. The molecule has 1 aliphatic heterocycles. The Morgan fingerprint density at radius 3 is 2.42 bits per heavy atom. The maximum absolute atomic E-state index is 12.5. The summed E-state index contributed by atoms with van der Waals surface area (Å²) < 4.78 is 0. The Balaban J connectivity index is 1.46. The minimum atomic E-state index is -0.0937. The van der Waals surface area contributed by atoms with Crippen LogP contribution in [0.2, 0.25) is 0 Å². The van der Waals surface area contributed by atoms with E-state index >= 15 is 0 Å². The van der Waals surface area contributed by atoms with Crippen molar-refractivity contribution in [3.05, 3.63) is 66.2 Å². The highest BCUT2D eigenvalue weighted by molar-refractivity contribution is 5.89. The van der Waals surface area contributed by atoms with Crippen molar-refractivity contribution in [1.82, 2.24) is 9.80 Å². The van der Waals surface area contributed by atoms with E-state index in [1.807, 2.05) is 67.7 Å². The zero-order valence-electron chi connectivity index (χ0n) is 15.1. The first kappa shape index (κ1) is 18.0. The minimum Gasteiger partial charge on any atom is -0.341 e. The molecule has 1 aliphatic rings. The van der Waals surface area contributed by atoms with Crippen molar-refractivity contribution >= 4 is 17.6 Å². The molecular weight excluding hydrogens is 326 g/mol. The van der Waals surface area contributed by atoms with Gasteiger partial charge in [0.1, 0.15) is 0 Å². The molecule has 2 aromatic rings. The fraction of sp³-hybridized carbons (Fsp3) is 0.333. The molecule has 3 amide bonds. The summed E-state index contributed by atoms with van der Waals surface area (Å²) in [6, 6.07) is 19.3. The predicted molar refractivity (Wildman–Crippen MR) is 103 cm³/mol. The first-order chi connectivity index (χ1) is 12.6. The molecule has 0 spiro atoms. The Labute approximate surface area is 154 Å². The van der Waals surface area contributed by atoms with Crippen molar-refractivity contribution in [2.75, 3.05) is 25.5 Å². The first-order valence-electron chi connectivity index (χ1n) is 9.00. The summed E-state index contributed by atoms with van der Waals surface area (Å²) in [6.45, 7) is 1.94. The van der Waals surface area contributed by atoms with E-state index in [2.05, 4.69) is 5.32 Å². The van der Waals surface area contributed by atoms with Gasteiger partial charge in [0.2, 0.25) is 5.91 Å². The Kier molecular flexibility index (Phi) is 5.89. The second-order valence-corrected chi connectivity index (χ2v) is 6.84. The van der Waals surface area contributed by atoms with Gasteiger partial charge in [0.05, 0.1) is 0 Å². The zero-order valence-corrected chi connectivity index (χ0v) is 15.1. The van der Waals surface area contributed by atoms with E-state index in [1.54, 1.807) is 9.80 Å². The van der Waals surface area contributed by atoms with Gasteiger partial charge < -0.3 is 15.1 Å². The van der Waals surface area contributed by atoms with Gasteiger partial charge in [0, 0.05) is 38.8 Å². The lowest BCUT2D eigenvalue weighted by Crippen LogP contribution is -2.34. The van der Waals surface area contributed by atoms with E-state index in [4.69, 9.17) is 0 Å². The predicted octanol–water partition coefficient (Wildman–Crippen LogP) is 3.59. The van der Waals surface area contributed by atoms with Gasteiger partial charge in [-0.3, -0.25) is 4.79 Å². The number of hydrogen-bond acceptors (Lipinski definition) is 2. The van der Waals surface area contributed by atoms with Crippen LogP contribution in [0.4, 0.5) is 10.5 Å². The van der Waals surface area contributed by atoms with E-state index in [9.17, 15) is 9.59 Å². The monoisotopic (exact) mass is 351 g/mol. The second-order valence-electron chi connectivity index (χ2n) is 6.84. The number of rotatable bonds is 5. The number of carbonyl (C=O) groups is 2. The lowest BCUT2D eigenvalue weighted by Gasteiger charge is -2.20. The highest BCUT2D eigenvalue weighted by Crippen LogP contribution is 2.21. The van der Waals surface area contributed by atoms with Crippen LogP contribution in [0.5, 0.6) is 0 Å². The summed E-state index contributed by atoms with van der Waals surface area (Å²) >= 11 is 0. The summed E-state index contributed by atoms with van der Waals surface area (Å²) in [6.07, 6.45) is 1.35. The molecule has 1 heterocycles. The first-order valence-corrected chi connectivity index (χ1v) is 9.00. The molecule has 1 atom stereocenters. The Morgan fingerprint density at radius 2 is 1.73 bits per heavy atom. The van der Waals surface area contributed by atoms with Crippen molar-refractivity contribution in [2.45, 2.75) is 19.4 Å². The number of nitrogens with one attached hydrogen (secondary N) is 1. The van der Waals surface area contributed by atoms with Crippen molar-refractivity contribution < 1.29 is 9.59 Å². The molecule has 1 fully saturated rings. The van der Waals surface area contributed by atoms with Gasteiger partial charge >= 0.3 is 6.03 Å². The van der Waals surface area contributed by atoms with E-state index in [1.165, 1.54) is 0 Å².